The van der Waals surface area contributed by atoms with Gasteiger partial charge in [-0.2, -0.15) is 0 Å². The number of carbonyl (C=O) groups is 4. The molecule has 1 aromatic rings. The van der Waals surface area contributed by atoms with Gasteiger partial charge in [-0.25, -0.2) is 4.79 Å². The van der Waals surface area contributed by atoms with Gasteiger partial charge in [-0.05, 0) is 84.3 Å². The van der Waals surface area contributed by atoms with Crippen LogP contribution in [0.5, 0.6) is 0 Å². The van der Waals surface area contributed by atoms with E-state index in [1.165, 1.54) is 18.9 Å². The van der Waals surface area contributed by atoms with E-state index in [1.807, 2.05) is 13.0 Å². The van der Waals surface area contributed by atoms with Crippen LogP contribution in [0.15, 0.2) is 46.1 Å². The highest BCUT2D eigenvalue weighted by Gasteiger charge is 2.72. The van der Waals surface area contributed by atoms with E-state index in [0.29, 0.717) is 23.8 Å². The topological polar surface area (TPSA) is 99.9 Å². The zero-order valence-corrected chi connectivity index (χ0v) is 26.7. The van der Waals surface area contributed by atoms with Gasteiger partial charge < -0.3 is 13.9 Å². The van der Waals surface area contributed by atoms with E-state index in [-0.39, 0.29) is 41.4 Å². The number of Topliss-reactive ketones (excluding diaryl/α,β-unsaturated/α-hetero) is 1. The van der Waals surface area contributed by atoms with Crippen molar-refractivity contribution in [2.75, 3.05) is 13.7 Å². The van der Waals surface area contributed by atoms with Crippen molar-refractivity contribution in [2.24, 2.45) is 56.7 Å². The summed E-state index contributed by atoms with van der Waals surface area (Å²) in [7, 11) is 1.51. The van der Waals surface area contributed by atoms with E-state index in [4.69, 9.17) is 13.9 Å². The lowest BCUT2D eigenvalue weighted by Crippen LogP contribution is -2.65. The second-order valence-electron chi connectivity index (χ2n) is 15.3. The van der Waals surface area contributed by atoms with Crippen molar-refractivity contribution in [3.05, 3.63) is 47.5 Å². The summed E-state index contributed by atoms with van der Waals surface area (Å²) in [5.41, 5.74) is -0.856. The number of furan rings is 1. The van der Waals surface area contributed by atoms with E-state index < -0.39 is 33.5 Å². The predicted octanol–water partition coefficient (Wildman–Crippen LogP) is 6.77. The highest BCUT2D eigenvalue weighted by molar-refractivity contribution is 5.91. The molecule has 0 spiro atoms. The van der Waals surface area contributed by atoms with Crippen molar-refractivity contribution in [3.8, 4) is 0 Å². The molecule has 0 saturated heterocycles. The van der Waals surface area contributed by atoms with Crippen LogP contribution in [0, 0.1) is 56.7 Å². The van der Waals surface area contributed by atoms with E-state index in [0.717, 1.165) is 38.4 Å². The minimum Gasteiger partial charge on any atom is -0.469 e. The maximum absolute atomic E-state index is 14.5. The third kappa shape index (κ3) is 3.78. The lowest BCUT2D eigenvalue weighted by molar-refractivity contribution is -0.180. The number of hydrogen-bond acceptors (Lipinski definition) is 7. The molecular weight excluding hydrogens is 544 g/mol. The van der Waals surface area contributed by atoms with Gasteiger partial charge in [0.15, 0.2) is 0 Å². The molecule has 0 bridgehead atoms. The average molecular weight is 591 g/mol. The van der Waals surface area contributed by atoms with Gasteiger partial charge in [0.2, 0.25) is 5.76 Å². The van der Waals surface area contributed by atoms with Crippen LogP contribution in [0.4, 0.5) is 0 Å². The van der Waals surface area contributed by atoms with E-state index in [1.54, 1.807) is 12.1 Å². The molecule has 7 nitrogen and oxygen atoms in total. The highest BCUT2D eigenvalue weighted by Crippen LogP contribution is 2.75. The van der Waals surface area contributed by atoms with Gasteiger partial charge in [0, 0.05) is 23.2 Å². The molecule has 43 heavy (non-hydrogen) atoms. The molecule has 1 aromatic heterocycles. The number of ether oxygens (including phenoxy) is 2. The molecule has 5 aliphatic carbocycles. The number of aldehydes is 1. The first-order valence-corrected chi connectivity index (χ1v) is 15.9. The first-order valence-electron chi connectivity index (χ1n) is 15.9. The minimum absolute atomic E-state index is 0.0171. The summed E-state index contributed by atoms with van der Waals surface area (Å²) in [5, 5.41) is 0. The van der Waals surface area contributed by atoms with Gasteiger partial charge >= 0.3 is 11.9 Å². The van der Waals surface area contributed by atoms with Crippen LogP contribution >= 0.6 is 0 Å². The van der Waals surface area contributed by atoms with Gasteiger partial charge in [-0.1, -0.05) is 59.3 Å². The van der Waals surface area contributed by atoms with E-state index in [9.17, 15) is 19.2 Å². The number of rotatable bonds is 5. The molecule has 0 N–H and O–H groups in total. The molecular formula is C36H46O7. The number of fused-ring (bicyclic) bond motifs is 7. The second kappa shape index (κ2) is 9.77. The zero-order valence-electron chi connectivity index (χ0n) is 26.7. The van der Waals surface area contributed by atoms with Gasteiger partial charge in [0.1, 0.15) is 18.7 Å². The summed E-state index contributed by atoms with van der Waals surface area (Å²) in [5.74, 6) is -0.0685. The van der Waals surface area contributed by atoms with Crippen molar-refractivity contribution >= 4 is 24.0 Å². The van der Waals surface area contributed by atoms with Crippen molar-refractivity contribution in [3.63, 3.8) is 0 Å². The molecule has 0 amide bonds. The minimum atomic E-state index is -0.823. The molecule has 1 heterocycles. The average Bonchev–Trinajstić information content (AvgIpc) is 3.59. The third-order valence-electron chi connectivity index (χ3n) is 13.6. The summed E-state index contributed by atoms with van der Waals surface area (Å²) < 4.78 is 16.4. The van der Waals surface area contributed by atoms with Crippen molar-refractivity contribution < 1.29 is 33.1 Å². The Morgan fingerprint density at radius 3 is 2.51 bits per heavy atom. The molecule has 3 fully saturated rings. The number of methoxy groups -OCH3 is 1. The molecule has 3 saturated carbocycles. The number of ketones is 1. The third-order valence-corrected chi connectivity index (χ3v) is 13.6. The Kier molecular flexibility index (Phi) is 6.84. The lowest BCUT2D eigenvalue weighted by atomic mass is 9.35. The molecule has 0 aliphatic heterocycles. The van der Waals surface area contributed by atoms with Crippen LogP contribution < -0.4 is 0 Å². The summed E-state index contributed by atoms with van der Waals surface area (Å²) in [6.45, 7) is 13.2. The SMILES string of the molecule is COC(=O)[C@]12CC[C@@H](C)[C@H](C)[C@@H]1C1=CC[C@@H]3[C@@]4(C)C(C=O)=C[C@@](C)(COC(=O)c5ccco5)[C@@H]4C(=O)C[C@@]3(C)[C@]1(C)CC2. The van der Waals surface area contributed by atoms with Crippen LogP contribution in [0.3, 0.4) is 0 Å². The quantitative estimate of drug-likeness (QED) is 0.212. The maximum Gasteiger partial charge on any atom is 0.374 e. The number of carbonyl (C=O) groups excluding carboxylic acids is 4. The fraction of sp³-hybridized carbons (Fsp3) is 0.667. The van der Waals surface area contributed by atoms with Crippen LogP contribution in [0.1, 0.15) is 90.6 Å². The molecule has 5 aliphatic rings. The van der Waals surface area contributed by atoms with Gasteiger partial charge in [-0.3, -0.25) is 14.4 Å². The molecule has 0 radical (unpaired) electrons. The van der Waals surface area contributed by atoms with Crippen molar-refractivity contribution in [1.29, 1.82) is 0 Å². The van der Waals surface area contributed by atoms with Crippen LogP contribution in [-0.2, 0) is 23.9 Å². The van der Waals surface area contributed by atoms with Crippen molar-refractivity contribution in [2.45, 2.75) is 80.1 Å². The Hall–Kier alpha value is -2.96. The van der Waals surface area contributed by atoms with Gasteiger partial charge in [0.25, 0.3) is 0 Å². The van der Waals surface area contributed by atoms with Gasteiger partial charge in [0.05, 0.1) is 18.8 Å². The van der Waals surface area contributed by atoms with Gasteiger partial charge in [-0.15, -0.1) is 0 Å². The second-order valence-corrected chi connectivity index (χ2v) is 15.3. The first kappa shape index (κ1) is 30.1. The molecule has 6 rings (SSSR count). The Balaban J connectivity index is 1.41. The summed E-state index contributed by atoms with van der Waals surface area (Å²) in [6.07, 6.45) is 11.1. The molecule has 0 aromatic carbocycles. The monoisotopic (exact) mass is 590 g/mol. The standard InChI is InChI=1S/C36H46O7/c1-21-12-13-36(31(40)41-7)15-14-33(4)24(28(36)22(21)2)10-11-27-34(33,5)18-25(38)29-32(3,17-23(19-37)35(27,29)6)20-43-30(39)26-9-8-16-42-26/h8-10,16-17,19,21-22,27-29H,11-15,18,20H2,1-7H3/t21-,22+,27+,28-,29+,32+,33-,34-,35-,36+/m1/s1. The van der Waals surface area contributed by atoms with Crippen molar-refractivity contribution in [1.82, 2.24) is 0 Å². The molecule has 0 unspecified atom stereocenters. The van der Waals surface area contributed by atoms with E-state index in [2.05, 4.69) is 40.7 Å². The fourth-order valence-electron chi connectivity index (χ4n) is 11.2. The molecule has 232 valence electrons. The number of esters is 2. The largest absolute Gasteiger partial charge is 0.469 e. The number of allylic oxidation sites excluding steroid dienone is 3. The molecule has 10 atom stereocenters. The van der Waals surface area contributed by atoms with Crippen LogP contribution in [0.2, 0.25) is 0 Å². The van der Waals surface area contributed by atoms with E-state index >= 15 is 0 Å². The van der Waals surface area contributed by atoms with Crippen LogP contribution in [-0.4, -0.2) is 37.7 Å². The zero-order chi connectivity index (χ0) is 31.2. The Labute approximate surface area is 254 Å². The Morgan fingerprint density at radius 1 is 1.12 bits per heavy atom. The normalized spacial score (nSPS) is 45.0. The Morgan fingerprint density at radius 2 is 1.86 bits per heavy atom. The summed E-state index contributed by atoms with van der Waals surface area (Å²) in [6, 6.07) is 3.18. The predicted molar refractivity (Wildman–Crippen MR) is 160 cm³/mol. The van der Waals surface area contributed by atoms with Crippen LogP contribution in [0.25, 0.3) is 0 Å². The maximum atomic E-state index is 14.5. The fourth-order valence-corrected chi connectivity index (χ4v) is 11.2. The summed E-state index contributed by atoms with van der Waals surface area (Å²) >= 11 is 0. The molecule has 7 heteroatoms. The number of hydrogen-bond donors (Lipinski definition) is 0. The smallest absolute Gasteiger partial charge is 0.374 e. The summed E-state index contributed by atoms with van der Waals surface area (Å²) in [4.78, 5) is 53.5. The lowest BCUT2D eigenvalue weighted by Gasteiger charge is -2.68. The Bertz CT molecular complexity index is 1420. The first-order chi connectivity index (χ1) is 20.2. The highest BCUT2D eigenvalue weighted by atomic mass is 16.5.